The van der Waals surface area contributed by atoms with Gasteiger partial charge in [0.05, 0.1) is 5.56 Å². The van der Waals surface area contributed by atoms with E-state index in [-0.39, 0.29) is 12.4 Å². The van der Waals surface area contributed by atoms with Crippen LogP contribution in [0.2, 0.25) is 0 Å². The largest absolute Gasteiger partial charge is 0.478 e. The summed E-state index contributed by atoms with van der Waals surface area (Å²) >= 11 is 3.37. The lowest BCUT2D eigenvalue weighted by Gasteiger charge is -2.19. The Kier molecular flexibility index (Phi) is 7.43. The van der Waals surface area contributed by atoms with E-state index in [1.807, 2.05) is 6.07 Å². The van der Waals surface area contributed by atoms with Crippen LogP contribution in [0, 0.1) is 0 Å². The Balaban J connectivity index is 0.00000256. The van der Waals surface area contributed by atoms with E-state index < -0.39 is 5.97 Å². The van der Waals surface area contributed by atoms with Crippen LogP contribution in [0.25, 0.3) is 0 Å². The van der Waals surface area contributed by atoms with E-state index >= 15 is 0 Å². The Bertz CT molecular complexity index is 381. The Labute approximate surface area is 116 Å². The Hall–Kier alpha value is -0.580. The van der Waals surface area contributed by atoms with Crippen molar-refractivity contribution in [1.29, 1.82) is 0 Å². The van der Waals surface area contributed by atoms with E-state index in [1.54, 1.807) is 12.1 Å². The highest BCUT2D eigenvalue weighted by Gasteiger charge is 2.12. The molecule has 1 N–H and O–H groups in total. The van der Waals surface area contributed by atoms with Crippen LogP contribution < -0.4 is 0 Å². The van der Waals surface area contributed by atoms with Gasteiger partial charge >= 0.3 is 5.97 Å². The number of rotatable bonds is 5. The number of carboxylic acid groups (broad SMARTS) is 1. The summed E-state index contributed by atoms with van der Waals surface area (Å²) < 4.78 is 0.916. The van der Waals surface area contributed by atoms with Gasteiger partial charge in [0, 0.05) is 11.0 Å². The highest BCUT2D eigenvalue weighted by atomic mass is 79.9. The number of carboxylic acids is 1. The molecule has 0 radical (unpaired) electrons. The van der Waals surface area contributed by atoms with Gasteiger partial charge in [0.2, 0.25) is 0 Å². The molecule has 0 saturated carbocycles. The second-order valence-electron chi connectivity index (χ2n) is 3.57. The molecule has 0 atom stereocenters. The summed E-state index contributed by atoms with van der Waals surface area (Å²) in [7, 11) is 0. The van der Waals surface area contributed by atoms with Crippen LogP contribution >= 0.6 is 28.3 Å². The normalized spacial score (nSPS) is 10.1. The second kappa shape index (κ2) is 7.69. The molecule has 0 amide bonds. The zero-order valence-corrected chi connectivity index (χ0v) is 12.3. The van der Waals surface area contributed by atoms with Crippen LogP contribution in [0.5, 0.6) is 0 Å². The molecule has 5 heteroatoms. The first-order chi connectivity index (χ1) is 7.58. The third kappa shape index (κ3) is 4.66. The highest BCUT2D eigenvalue weighted by molar-refractivity contribution is 9.10. The zero-order chi connectivity index (χ0) is 12.1. The predicted molar refractivity (Wildman–Crippen MR) is 75.0 cm³/mol. The van der Waals surface area contributed by atoms with Crippen molar-refractivity contribution in [2.75, 3.05) is 13.1 Å². The fraction of sp³-hybridized carbons (Fsp3) is 0.417. The molecule has 0 aliphatic carbocycles. The van der Waals surface area contributed by atoms with E-state index in [0.29, 0.717) is 12.1 Å². The first-order valence-electron chi connectivity index (χ1n) is 5.32. The van der Waals surface area contributed by atoms with Gasteiger partial charge in [-0.15, -0.1) is 12.4 Å². The monoisotopic (exact) mass is 321 g/mol. The summed E-state index contributed by atoms with van der Waals surface area (Å²) in [6, 6.07) is 5.28. The fourth-order valence-electron chi connectivity index (χ4n) is 1.59. The average molecular weight is 323 g/mol. The van der Waals surface area contributed by atoms with Crippen molar-refractivity contribution < 1.29 is 9.90 Å². The molecule has 17 heavy (non-hydrogen) atoms. The van der Waals surface area contributed by atoms with Crippen LogP contribution in [0.4, 0.5) is 0 Å². The van der Waals surface area contributed by atoms with Crippen molar-refractivity contribution in [2.24, 2.45) is 0 Å². The average Bonchev–Trinajstić information content (AvgIpc) is 2.25. The topological polar surface area (TPSA) is 40.5 Å². The minimum absolute atomic E-state index is 0. The van der Waals surface area contributed by atoms with Crippen molar-refractivity contribution in [1.82, 2.24) is 4.90 Å². The van der Waals surface area contributed by atoms with E-state index in [0.717, 1.165) is 23.1 Å². The molecule has 0 aliphatic heterocycles. The smallest absolute Gasteiger partial charge is 0.336 e. The molecule has 0 unspecified atom stereocenters. The maximum absolute atomic E-state index is 11.1. The third-order valence-electron chi connectivity index (χ3n) is 2.59. The highest BCUT2D eigenvalue weighted by Crippen LogP contribution is 2.18. The Morgan fingerprint density at radius 3 is 2.41 bits per heavy atom. The number of halogens is 2. The zero-order valence-electron chi connectivity index (χ0n) is 9.94. The second-order valence-corrected chi connectivity index (χ2v) is 4.48. The van der Waals surface area contributed by atoms with Crippen LogP contribution in [0.1, 0.15) is 29.8 Å². The third-order valence-corrected chi connectivity index (χ3v) is 3.08. The number of nitrogens with zero attached hydrogens (tertiary/aromatic N) is 1. The summed E-state index contributed by atoms with van der Waals surface area (Å²) in [6.07, 6.45) is 0. The first-order valence-corrected chi connectivity index (χ1v) is 6.11. The summed E-state index contributed by atoms with van der Waals surface area (Å²) in [5, 5.41) is 9.08. The fourth-order valence-corrected chi connectivity index (χ4v) is 2.00. The lowest BCUT2D eigenvalue weighted by molar-refractivity contribution is 0.0694. The molecule has 0 spiro atoms. The van der Waals surface area contributed by atoms with E-state index in [4.69, 9.17) is 5.11 Å². The van der Waals surface area contributed by atoms with Crippen LogP contribution in [-0.4, -0.2) is 29.1 Å². The molecule has 1 rings (SSSR count). The molecular formula is C12H17BrClNO2. The van der Waals surface area contributed by atoms with Crippen molar-refractivity contribution in [3.63, 3.8) is 0 Å². The summed E-state index contributed by atoms with van der Waals surface area (Å²) in [5.74, 6) is -0.866. The van der Waals surface area contributed by atoms with Gasteiger partial charge in [-0.2, -0.15) is 0 Å². The minimum atomic E-state index is -0.866. The van der Waals surface area contributed by atoms with Gasteiger partial charge in [-0.05, 0) is 36.9 Å². The molecule has 96 valence electrons. The molecule has 1 aromatic rings. The number of carbonyl (C=O) groups is 1. The maximum atomic E-state index is 11.1. The van der Waals surface area contributed by atoms with Crippen molar-refractivity contribution in [3.8, 4) is 0 Å². The molecule has 1 aromatic carbocycles. The number of benzene rings is 1. The van der Waals surface area contributed by atoms with Gasteiger partial charge in [-0.3, -0.25) is 4.90 Å². The SMILES string of the molecule is CCN(CC)Cc1cc(Br)ccc1C(=O)O.Cl. The number of aromatic carboxylic acids is 1. The Morgan fingerprint density at radius 2 is 1.94 bits per heavy atom. The van der Waals surface area contributed by atoms with Gasteiger partial charge in [0.15, 0.2) is 0 Å². The number of hydrogen-bond acceptors (Lipinski definition) is 2. The van der Waals surface area contributed by atoms with E-state index in [1.165, 1.54) is 0 Å². The molecule has 0 aliphatic rings. The van der Waals surface area contributed by atoms with Crippen molar-refractivity contribution in [3.05, 3.63) is 33.8 Å². The van der Waals surface area contributed by atoms with E-state index in [2.05, 4.69) is 34.7 Å². The standard InChI is InChI=1S/C12H16BrNO2.ClH/c1-3-14(4-2)8-9-7-10(13)5-6-11(9)12(15)16;/h5-7H,3-4,8H2,1-2H3,(H,15,16);1H. The first kappa shape index (κ1) is 16.4. The summed E-state index contributed by atoms with van der Waals surface area (Å²) in [6.45, 7) is 6.65. The van der Waals surface area contributed by atoms with Gasteiger partial charge in [-0.1, -0.05) is 29.8 Å². The quantitative estimate of drug-likeness (QED) is 0.903. The van der Waals surface area contributed by atoms with E-state index in [9.17, 15) is 4.79 Å². The molecular weight excluding hydrogens is 305 g/mol. The van der Waals surface area contributed by atoms with Crippen molar-refractivity contribution >= 4 is 34.3 Å². The molecule has 0 aromatic heterocycles. The lowest BCUT2D eigenvalue weighted by atomic mass is 10.1. The predicted octanol–water partition coefficient (Wildman–Crippen LogP) is 3.41. The van der Waals surface area contributed by atoms with Gasteiger partial charge < -0.3 is 5.11 Å². The molecule has 0 heterocycles. The van der Waals surface area contributed by atoms with Gasteiger partial charge in [0.25, 0.3) is 0 Å². The molecule has 0 fully saturated rings. The molecule has 0 saturated heterocycles. The summed E-state index contributed by atoms with van der Waals surface area (Å²) in [4.78, 5) is 13.2. The lowest BCUT2D eigenvalue weighted by Crippen LogP contribution is -2.23. The Morgan fingerprint density at radius 1 is 1.35 bits per heavy atom. The van der Waals surface area contributed by atoms with Crippen LogP contribution in [-0.2, 0) is 6.54 Å². The van der Waals surface area contributed by atoms with Gasteiger partial charge in [-0.25, -0.2) is 4.79 Å². The van der Waals surface area contributed by atoms with Crippen LogP contribution in [0.3, 0.4) is 0 Å². The molecule has 0 bridgehead atoms. The minimum Gasteiger partial charge on any atom is -0.478 e. The van der Waals surface area contributed by atoms with Gasteiger partial charge in [0.1, 0.15) is 0 Å². The summed E-state index contributed by atoms with van der Waals surface area (Å²) in [5.41, 5.74) is 1.24. The number of hydrogen-bond donors (Lipinski definition) is 1. The van der Waals surface area contributed by atoms with Crippen molar-refractivity contribution in [2.45, 2.75) is 20.4 Å². The molecule has 3 nitrogen and oxygen atoms in total. The van der Waals surface area contributed by atoms with Crippen LogP contribution in [0.15, 0.2) is 22.7 Å². The maximum Gasteiger partial charge on any atom is 0.336 e.